The number of aliphatic hydroxyl groups excluding tert-OH is 1. The maximum atomic E-state index is 10.9. The molecule has 0 saturated carbocycles. The number of carbonyl (C=O) groups is 1. The molecule has 5 heteroatoms. The number of ether oxygens (including phenoxy) is 3. The monoisotopic (exact) mass is 394 g/mol. The summed E-state index contributed by atoms with van der Waals surface area (Å²) >= 11 is 0. The molecule has 5 nitrogen and oxygen atoms in total. The van der Waals surface area contributed by atoms with Crippen LogP contribution in [0.2, 0.25) is 0 Å². The maximum Gasteiger partial charge on any atom is 0.302 e. The maximum absolute atomic E-state index is 10.9. The van der Waals surface area contributed by atoms with Crippen molar-refractivity contribution in [1.82, 2.24) is 0 Å². The van der Waals surface area contributed by atoms with Crippen molar-refractivity contribution >= 4 is 5.97 Å². The number of hydrogen-bond donors (Lipinski definition) is 1. The van der Waals surface area contributed by atoms with Crippen molar-refractivity contribution in [3.05, 3.63) is 23.8 Å². The highest BCUT2D eigenvalue weighted by atomic mass is 16.6. The van der Waals surface area contributed by atoms with Gasteiger partial charge in [0.2, 0.25) is 0 Å². The van der Waals surface area contributed by atoms with Crippen LogP contribution in [0.4, 0.5) is 0 Å². The van der Waals surface area contributed by atoms with E-state index < -0.39 is 6.10 Å². The van der Waals surface area contributed by atoms with Crippen molar-refractivity contribution < 1.29 is 24.1 Å². The molecule has 0 aromatic carbocycles. The lowest BCUT2D eigenvalue weighted by atomic mass is 9.92. The molecule has 2 aliphatic heterocycles. The topological polar surface area (TPSA) is 71.6 Å². The normalized spacial score (nSPS) is 32.9. The first-order valence-corrected chi connectivity index (χ1v) is 10.5. The van der Waals surface area contributed by atoms with E-state index in [2.05, 4.69) is 40.3 Å². The van der Waals surface area contributed by atoms with Crippen molar-refractivity contribution in [3.8, 4) is 0 Å². The van der Waals surface area contributed by atoms with E-state index in [9.17, 15) is 9.90 Å². The van der Waals surface area contributed by atoms with E-state index in [1.165, 1.54) is 6.92 Å². The third kappa shape index (κ3) is 6.43. The third-order valence-corrected chi connectivity index (χ3v) is 6.32. The quantitative estimate of drug-likeness (QED) is 0.303. The summed E-state index contributed by atoms with van der Waals surface area (Å²) in [6.45, 7) is 16.2. The van der Waals surface area contributed by atoms with Crippen LogP contribution >= 0.6 is 0 Å². The molecule has 2 fully saturated rings. The Balaban J connectivity index is 1.66. The van der Waals surface area contributed by atoms with Gasteiger partial charge in [0.15, 0.2) is 0 Å². The van der Waals surface area contributed by atoms with Gasteiger partial charge < -0.3 is 19.3 Å². The zero-order chi connectivity index (χ0) is 21.1. The molecule has 2 aliphatic rings. The van der Waals surface area contributed by atoms with E-state index in [4.69, 9.17) is 14.2 Å². The van der Waals surface area contributed by atoms with Gasteiger partial charge in [-0.1, -0.05) is 32.1 Å². The number of allylic oxidation sites excluding steroid dienone is 1. The highest BCUT2D eigenvalue weighted by Crippen LogP contribution is 2.47. The first-order chi connectivity index (χ1) is 13.0. The fraction of sp³-hybridized carbons (Fsp3) is 0.783. The Labute approximate surface area is 170 Å². The van der Waals surface area contributed by atoms with E-state index >= 15 is 0 Å². The van der Waals surface area contributed by atoms with Crippen LogP contribution in [0.25, 0.3) is 0 Å². The predicted octanol–water partition coefficient (Wildman–Crippen LogP) is 4.33. The van der Waals surface area contributed by atoms with Gasteiger partial charge in [0.1, 0.15) is 12.7 Å². The van der Waals surface area contributed by atoms with Crippen molar-refractivity contribution in [1.29, 1.82) is 0 Å². The van der Waals surface area contributed by atoms with E-state index in [0.717, 1.165) is 36.8 Å². The molecule has 2 heterocycles. The Hall–Kier alpha value is -1.17. The third-order valence-electron chi connectivity index (χ3n) is 6.32. The van der Waals surface area contributed by atoms with Gasteiger partial charge in [0, 0.05) is 6.92 Å². The Morgan fingerprint density at radius 2 is 1.79 bits per heavy atom. The second-order valence-corrected chi connectivity index (χ2v) is 9.20. The molecule has 5 atom stereocenters. The lowest BCUT2D eigenvalue weighted by Gasteiger charge is -2.16. The molecule has 0 bridgehead atoms. The van der Waals surface area contributed by atoms with Gasteiger partial charge >= 0.3 is 5.97 Å². The van der Waals surface area contributed by atoms with Crippen LogP contribution in [-0.2, 0) is 19.0 Å². The molecule has 1 N–H and O–H groups in total. The Bertz CT molecular complexity index is 610. The summed E-state index contributed by atoms with van der Waals surface area (Å²) in [4.78, 5) is 10.9. The first-order valence-electron chi connectivity index (χ1n) is 10.5. The second kappa shape index (κ2) is 9.10. The Morgan fingerprint density at radius 3 is 2.39 bits per heavy atom. The molecule has 0 spiro atoms. The predicted molar refractivity (Wildman–Crippen MR) is 110 cm³/mol. The van der Waals surface area contributed by atoms with Gasteiger partial charge in [-0.2, -0.15) is 0 Å². The van der Waals surface area contributed by atoms with Crippen LogP contribution in [-0.4, -0.2) is 47.2 Å². The zero-order valence-electron chi connectivity index (χ0n) is 18.4. The Morgan fingerprint density at radius 1 is 1.18 bits per heavy atom. The minimum Gasteiger partial charge on any atom is -0.463 e. The highest BCUT2D eigenvalue weighted by Gasteiger charge is 2.56. The first kappa shape index (κ1) is 23.1. The van der Waals surface area contributed by atoms with Crippen LogP contribution in [0.3, 0.4) is 0 Å². The van der Waals surface area contributed by atoms with Crippen LogP contribution in [0.15, 0.2) is 23.8 Å². The van der Waals surface area contributed by atoms with Crippen molar-refractivity contribution in [3.63, 3.8) is 0 Å². The van der Waals surface area contributed by atoms with Crippen molar-refractivity contribution in [2.45, 2.75) is 103 Å². The van der Waals surface area contributed by atoms with E-state index in [-0.39, 0.29) is 29.4 Å². The SMILES string of the molecule is C=C(CC(O)C(C)=CCCC1(C)OC1CCC1(C)OC1COC(C)=O)C(C)C. The summed E-state index contributed by atoms with van der Waals surface area (Å²) in [5.41, 5.74) is 1.82. The van der Waals surface area contributed by atoms with E-state index in [0.29, 0.717) is 18.9 Å². The number of hydrogen-bond acceptors (Lipinski definition) is 5. The largest absolute Gasteiger partial charge is 0.463 e. The number of aliphatic hydroxyl groups is 1. The minimum atomic E-state index is -0.445. The summed E-state index contributed by atoms with van der Waals surface area (Å²) in [7, 11) is 0. The fourth-order valence-corrected chi connectivity index (χ4v) is 3.57. The molecule has 160 valence electrons. The molecule has 0 aromatic rings. The summed E-state index contributed by atoms with van der Waals surface area (Å²) < 4.78 is 16.7. The number of epoxide rings is 2. The number of rotatable bonds is 12. The molecule has 2 rings (SSSR count). The van der Waals surface area contributed by atoms with Crippen LogP contribution in [0, 0.1) is 5.92 Å². The Kier molecular flexibility index (Phi) is 7.51. The van der Waals surface area contributed by atoms with Gasteiger partial charge in [0.25, 0.3) is 0 Å². The average Bonchev–Trinajstić information content (AvgIpc) is 3.46. The molecule has 0 aliphatic carbocycles. The van der Waals surface area contributed by atoms with Crippen molar-refractivity contribution in [2.24, 2.45) is 5.92 Å². The average molecular weight is 395 g/mol. The summed E-state index contributed by atoms with van der Waals surface area (Å²) in [5, 5.41) is 10.3. The molecule has 5 unspecified atom stereocenters. The van der Waals surface area contributed by atoms with Gasteiger partial charge in [-0.3, -0.25) is 4.79 Å². The second-order valence-electron chi connectivity index (χ2n) is 9.20. The van der Waals surface area contributed by atoms with Gasteiger partial charge in [0.05, 0.1) is 23.4 Å². The zero-order valence-corrected chi connectivity index (χ0v) is 18.4. The van der Waals surface area contributed by atoms with Gasteiger partial charge in [-0.15, -0.1) is 0 Å². The van der Waals surface area contributed by atoms with Crippen LogP contribution in [0.1, 0.15) is 73.6 Å². The molecule has 0 amide bonds. The minimum absolute atomic E-state index is 0.00840. The van der Waals surface area contributed by atoms with Crippen molar-refractivity contribution in [2.75, 3.05) is 6.61 Å². The molecule has 0 radical (unpaired) electrons. The van der Waals surface area contributed by atoms with E-state index in [1.54, 1.807) is 0 Å². The summed E-state index contributed by atoms with van der Waals surface area (Å²) in [6.07, 6.45) is 6.27. The summed E-state index contributed by atoms with van der Waals surface area (Å²) in [6, 6.07) is 0. The fourth-order valence-electron chi connectivity index (χ4n) is 3.57. The molecular weight excluding hydrogens is 356 g/mol. The number of carbonyl (C=O) groups excluding carboxylic acids is 1. The summed E-state index contributed by atoms with van der Waals surface area (Å²) in [5.74, 6) is 0.130. The smallest absolute Gasteiger partial charge is 0.302 e. The van der Waals surface area contributed by atoms with E-state index in [1.807, 2.05) is 6.92 Å². The standard InChI is InChI=1S/C23H38O5/c1-15(2)17(4)13-19(25)16(3)9-8-11-22(6)20(27-22)10-12-23(7)21(28-23)14-26-18(5)24/h9,15,19-21,25H,4,8,10-14H2,1-3,5-7H3. The molecule has 2 saturated heterocycles. The number of esters is 1. The lowest BCUT2D eigenvalue weighted by Crippen LogP contribution is -2.18. The molecular formula is C23H38O5. The van der Waals surface area contributed by atoms with Crippen LogP contribution in [0.5, 0.6) is 0 Å². The van der Waals surface area contributed by atoms with Gasteiger partial charge in [-0.25, -0.2) is 0 Å². The van der Waals surface area contributed by atoms with Gasteiger partial charge in [-0.05, 0) is 64.4 Å². The highest BCUT2D eigenvalue weighted by molar-refractivity contribution is 5.65. The molecule has 0 aromatic heterocycles. The van der Waals surface area contributed by atoms with Crippen LogP contribution < -0.4 is 0 Å². The lowest BCUT2D eigenvalue weighted by molar-refractivity contribution is -0.141. The molecule has 28 heavy (non-hydrogen) atoms.